The van der Waals surface area contributed by atoms with Gasteiger partial charge in [0.2, 0.25) is 0 Å². The molecule has 0 aliphatic carbocycles. The zero-order valence-corrected chi connectivity index (χ0v) is 12.5. The first kappa shape index (κ1) is 12.9. The molecule has 0 bridgehead atoms. The molecule has 1 aliphatic rings. The molecular formula is C13H12BrNO3S. The first-order valence-electron chi connectivity index (χ1n) is 5.97. The predicted octanol–water partition coefficient (Wildman–Crippen LogP) is 2.40. The lowest BCUT2D eigenvalue weighted by Crippen LogP contribution is -2.41. The van der Waals surface area contributed by atoms with Crippen LogP contribution >= 0.6 is 15.9 Å². The molecule has 1 aromatic heterocycles. The Morgan fingerprint density at radius 1 is 1.26 bits per heavy atom. The van der Waals surface area contributed by atoms with Crippen LogP contribution in [0.1, 0.15) is 10.6 Å². The summed E-state index contributed by atoms with van der Waals surface area (Å²) in [4.78, 5) is 14.0. The Labute approximate surface area is 121 Å². The molecule has 19 heavy (non-hydrogen) atoms. The lowest BCUT2D eigenvalue weighted by atomic mass is 10.2. The minimum Gasteiger partial charge on any atom is -0.451 e. The van der Waals surface area contributed by atoms with Gasteiger partial charge in [-0.25, -0.2) is 0 Å². The molecule has 3 rings (SSSR count). The van der Waals surface area contributed by atoms with Gasteiger partial charge in [0.25, 0.3) is 5.91 Å². The summed E-state index contributed by atoms with van der Waals surface area (Å²) in [7, 11) is -0.782. The average molecular weight is 342 g/mol. The molecular weight excluding hydrogens is 330 g/mol. The van der Waals surface area contributed by atoms with Crippen molar-refractivity contribution in [2.45, 2.75) is 0 Å². The van der Waals surface area contributed by atoms with Crippen LogP contribution in [0.3, 0.4) is 0 Å². The van der Waals surface area contributed by atoms with Crippen molar-refractivity contribution in [2.75, 3.05) is 24.6 Å². The molecule has 2 aromatic rings. The number of rotatable bonds is 1. The Bertz CT molecular complexity index is 657. The summed E-state index contributed by atoms with van der Waals surface area (Å²) in [6.07, 6.45) is 0. The van der Waals surface area contributed by atoms with Crippen LogP contribution in [-0.2, 0) is 10.8 Å². The van der Waals surface area contributed by atoms with Gasteiger partial charge in [-0.2, -0.15) is 0 Å². The molecule has 0 unspecified atom stereocenters. The zero-order chi connectivity index (χ0) is 13.4. The molecule has 1 fully saturated rings. The lowest BCUT2D eigenvalue weighted by molar-refractivity contribution is 0.0742. The maximum atomic E-state index is 12.3. The van der Waals surface area contributed by atoms with Crippen LogP contribution in [-0.4, -0.2) is 39.6 Å². The summed E-state index contributed by atoms with van der Waals surface area (Å²) in [6.45, 7) is 1.07. The van der Waals surface area contributed by atoms with E-state index in [1.807, 2.05) is 18.2 Å². The lowest BCUT2D eigenvalue weighted by Gasteiger charge is -2.25. The Kier molecular flexibility index (Phi) is 3.45. The minimum absolute atomic E-state index is 0.121. The van der Waals surface area contributed by atoms with Crippen molar-refractivity contribution >= 4 is 43.6 Å². The van der Waals surface area contributed by atoms with E-state index in [1.54, 1.807) is 11.0 Å². The molecule has 100 valence electrons. The minimum atomic E-state index is -0.782. The normalized spacial score (nSPS) is 17.0. The van der Waals surface area contributed by atoms with Crippen molar-refractivity contribution in [3.63, 3.8) is 0 Å². The van der Waals surface area contributed by atoms with Crippen molar-refractivity contribution in [2.24, 2.45) is 0 Å². The molecule has 4 nitrogen and oxygen atoms in total. The topological polar surface area (TPSA) is 50.5 Å². The average Bonchev–Trinajstić information content (AvgIpc) is 2.81. The summed E-state index contributed by atoms with van der Waals surface area (Å²) in [6, 6.07) is 7.39. The van der Waals surface area contributed by atoms with Crippen LogP contribution in [0.15, 0.2) is 33.2 Å². The van der Waals surface area contributed by atoms with Crippen molar-refractivity contribution in [3.05, 3.63) is 34.5 Å². The monoisotopic (exact) mass is 341 g/mol. The molecule has 2 heterocycles. The van der Waals surface area contributed by atoms with E-state index in [0.717, 1.165) is 9.86 Å². The van der Waals surface area contributed by atoms with Gasteiger partial charge < -0.3 is 9.32 Å². The van der Waals surface area contributed by atoms with E-state index in [2.05, 4.69) is 15.9 Å². The third kappa shape index (κ3) is 2.60. The second-order valence-electron chi connectivity index (χ2n) is 4.43. The number of carbonyl (C=O) groups excluding carboxylic acids is 1. The van der Waals surface area contributed by atoms with Gasteiger partial charge in [0.1, 0.15) is 5.58 Å². The number of halogens is 1. The van der Waals surface area contributed by atoms with Gasteiger partial charge >= 0.3 is 0 Å². The van der Waals surface area contributed by atoms with Crippen LogP contribution in [0.5, 0.6) is 0 Å². The highest BCUT2D eigenvalue weighted by Crippen LogP contribution is 2.24. The van der Waals surface area contributed by atoms with Gasteiger partial charge in [-0.3, -0.25) is 9.00 Å². The largest absolute Gasteiger partial charge is 0.451 e. The van der Waals surface area contributed by atoms with E-state index in [9.17, 15) is 9.00 Å². The summed E-state index contributed by atoms with van der Waals surface area (Å²) >= 11 is 3.39. The Morgan fingerprint density at radius 3 is 2.74 bits per heavy atom. The third-order valence-electron chi connectivity index (χ3n) is 3.15. The van der Waals surface area contributed by atoms with E-state index in [1.165, 1.54) is 0 Å². The van der Waals surface area contributed by atoms with E-state index in [0.29, 0.717) is 35.9 Å². The summed E-state index contributed by atoms with van der Waals surface area (Å²) in [5.74, 6) is 1.33. The molecule has 1 aromatic carbocycles. The first-order chi connectivity index (χ1) is 9.13. The van der Waals surface area contributed by atoms with E-state index >= 15 is 0 Å². The van der Waals surface area contributed by atoms with E-state index in [-0.39, 0.29) is 5.91 Å². The highest BCUT2D eigenvalue weighted by atomic mass is 79.9. The number of hydrogen-bond donors (Lipinski definition) is 0. The van der Waals surface area contributed by atoms with Crippen LogP contribution in [0, 0.1) is 0 Å². The zero-order valence-electron chi connectivity index (χ0n) is 10.1. The smallest absolute Gasteiger partial charge is 0.289 e. The summed E-state index contributed by atoms with van der Waals surface area (Å²) in [5, 5.41) is 0.901. The van der Waals surface area contributed by atoms with Crippen molar-refractivity contribution in [1.29, 1.82) is 0 Å². The molecule has 1 aliphatic heterocycles. The maximum Gasteiger partial charge on any atom is 0.289 e. The van der Waals surface area contributed by atoms with Gasteiger partial charge in [0.05, 0.1) is 0 Å². The number of amides is 1. The SMILES string of the molecule is O=C(c1cc2cc(Br)ccc2o1)N1CCS(=O)CC1. The molecule has 0 atom stereocenters. The quantitative estimate of drug-likeness (QED) is 0.800. The molecule has 1 amide bonds. The number of furan rings is 1. The van der Waals surface area contributed by atoms with Crippen molar-refractivity contribution < 1.29 is 13.4 Å². The van der Waals surface area contributed by atoms with Crippen molar-refractivity contribution in [1.82, 2.24) is 4.90 Å². The maximum absolute atomic E-state index is 12.3. The fraction of sp³-hybridized carbons (Fsp3) is 0.308. The number of hydrogen-bond acceptors (Lipinski definition) is 3. The predicted molar refractivity (Wildman–Crippen MR) is 77.7 cm³/mol. The third-order valence-corrected chi connectivity index (χ3v) is 4.92. The Hall–Kier alpha value is -1.14. The fourth-order valence-electron chi connectivity index (χ4n) is 2.12. The van der Waals surface area contributed by atoms with Crippen molar-refractivity contribution in [3.8, 4) is 0 Å². The van der Waals surface area contributed by atoms with Gasteiger partial charge in [-0.1, -0.05) is 15.9 Å². The van der Waals surface area contributed by atoms with E-state index in [4.69, 9.17) is 4.42 Å². The molecule has 0 spiro atoms. The number of benzene rings is 1. The number of nitrogens with zero attached hydrogens (tertiary/aromatic N) is 1. The van der Waals surface area contributed by atoms with Crippen LogP contribution in [0.2, 0.25) is 0 Å². The van der Waals surface area contributed by atoms with E-state index < -0.39 is 10.8 Å². The van der Waals surface area contributed by atoms with Crippen LogP contribution in [0.4, 0.5) is 0 Å². The van der Waals surface area contributed by atoms with Gasteiger partial charge in [-0.15, -0.1) is 0 Å². The first-order valence-corrected chi connectivity index (χ1v) is 8.25. The van der Waals surface area contributed by atoms with Gasteiger partial charge in [0.15, 0.2) is 5.76 Å². The molecule has 6 heteroatoms. The number of carbonyl (C=O) groups is 1. The second kappa shape index (κ2) is 5.09. The standard InChI is InChI=1S/C13H12BrNO3S/c14-10-1-2-11-9(7-10)8-12(18-11)13(16)15-3-5-19(17)6-4-15/h1-2,7-8H,3-6H2. The van der Waals surface area contributed by atoms with Crippen LogP contribution in [0.25, 0.3) is 11.0 Å². The Morgan fingerprint density at radius 2 is 2.00 bits per heavy atom. The molecule has 1 saturated heterocycles. The molecule has 0 saturated carbocycles. The summed E-state index contributed by atoms with van der Waals surface area (Å²) in [5.41, 5.74) is 0.701. The van der Waals surface area contributed by atoms with Gasteiger partial charge in [0, 0.05) is 45.3 Å². The number of fused-ring (bicyclic) bond motifs is 1. The second-order valence-corrected chi connectivity index (χ2v) is 7.04. The molecule has 0 N–H and O–H groups in total. The van der Waals surface area contributed by atoms with Gasteiger partial charge in [-0.05, 0) is 24.3 Å². The van der Waals surface area contributed by atoms with Crippen LogP contribution < -0.4 is 0 Å². The fourth-order valence-corrected chi connectivity index (χ4v) is 3.55. The molecule has 0 radical (unpaired) electrons. The Balaban J connectivity index is 1.87. The summed E-state index contributed by atoms with van der Waals surface area (Å²) < 4.78 is 17.8. The highest BCUT2D eigenvalue weighted by Gasteiger charge is 2.23. The highest BCUT2D eigenvalue weighted by molar-refractivity contribution is 9.10.